The Morgan fingerprint density at radius 3 is 2.70 bits per heavy atom. The van der Waals surface area contributed by atoms with Gasteiger partial charge < -0.3 is 15.1 Å². The van der Waals surface area contributed by atoms with Gasteiger partial charge in [-0.05, 0) is 33.7 Å². The van der Waals surface area contributed by atoms with Crippen LogP contribution in [0.15, 0.2) is 0 Å². The lowest BCUT2D eigenvalue weighted by molar-refractivity contribution is -0.134. The van der Waals surface area contributed by atoms with Gasteiger partial charge in [0.1, 0.15) is 12.1 Å². The molecule has 0 aromatic rings. The molecule has 0 aromatic carbocycles. The zero-order valence-corrected chi connectivity index (χ0v) is 12.2. The number of carbonyl (C=O) groups is 3. The number of nitrogens with one attached hydrogen (secondary N) is 2. The van der Waals surface area contributed by atoms with Gasteiger partial charge in [0.2, 0.25) is 5.91 Å². The summed E-state index contributed by atoms with van der Waals surface area (Å²) >= 11 is 0. The van der Waals surface area contributed by atoms with Gasteiger partial charge in [-0.2, -0.15) is 0 Å². The summed E-state index contributed by atoms with van der Waals surface area (Å²) in [6, 6.07) is -0.190. The quantitative estimate of drug-likeness (QED) is 0.686. The molecule has 4 amide bonds. The molecule has 0 aromatic heterocycles. The average Bonchev–Trinajstić information content (AvgIpc) is 2.61. The Bertz CT molecular complexity index is 435. The molecule has 0 saturated carbocycles. The van der Waals surface area contributed by atoms with Gasteiger partial charge in [0, 0.05) is 19.1 Å². The van der Waals surface area contributed by atoms with Crippen molar-refractivity contribution in [2.75, 3.05) is 26.7 Å². The summed E-state index contributed by atoms with van der Waals surface area (Å²) in [4.78, 5) is 38.8. The van der Waals surface area contributed by atoms with E-state index in [1.807, 2.05) is 7.05 Å². The second kappa shape index (κ2) is 5.40. The molecule has 0 radical (unpaired) electrons. The minimum atomic E-state index is -0.967. The van der Waals surface area contributed by atoms with Crippen molar-refractivity contribution in [3.05, 3.63) is 0 Å². The molecule has 2 aliphatic heterocycles. The molecule has 1 atom stereocenters. The zero-order valence-electron chi connectivity index (χ0n) is 12.2. The third-order valence-electron chi connectivity index (χ3n) is 4.17. The summed E-state index contributed by atoms with van der Waals surface area (Å²) in [5, 5.41) is 5.42. The number of likely N-dealkylation sites (tertiary alicyclic amines) is 1. The van der Waals surface area contributed by atoms with Crippen molar-refractivity contribution in [1.29, 1.82) is 0 Å². The smallest absolute Gasteiger partial charge is 0.325 e. The van der Waals surface area contributed by atoms with E-state index < -0.39 is 11.6 Å². The Balaban J connectivity index is 2.01. The van der Waals surface area contributed by atoms with Gasteiger partial charge in [-0.3, -0.25) is 14.9 Å². The standard InChI is InChI=1S/C13H22N4O3/c1-13(2)11(19)15-12(20)17(13)8-10(18)16-6-4-5-9(7-16)14-3/h9,14H,4-8H2,1-3H3,(H,15,19,20)/t9-/m0/s1. The molecule has 2 rings (SSSR count). The Morgan fingerprint density at radius 2 is 2.15 bits per heavy atom. The first-order chi connectivity index (χ1) is 9.36. The Labute approximate surface area is 118 Å². The fourth-order valence-electron chi connectivity index (χ4n) is 2.64. The lowest BCUT2D eigenvalue weighted by Gasteiger charge is -2.35. The van der Waals surface area contributed by atoms with Crippen molar-refractivity contribution in [1.82, 2.24) is 20.4 Å². The molecule has 112 valence electrons. The predicted octanol–water partition coefficient (Wildman–Crippen LogP) is -0.473. The number of hydrogen-bond acceptors (Lipinski definition) is 4. The van der Waals surface area contributed by atoms with Crippen LogP contribution >= 0.6 is 0 Å². The van der Waals surface area contributed by atoms with E-state index in [1.54, 1.807) is 18.7 Å². The van der Waals surface area contributed by atoms with E-state index in [4.69, 9.17) is 0 Å². The molecule has 2 saturated heterocycles. The number of imide groups is 1. The lowest BCUT2D eigenvalue weighted by atomic mass is 10.0. The fraction of sp³-hybridized carbons (Fsp3) is 0.769. The molecule has 2 fully saturated rings. The van der Waals surface area contributed by atoms with E-state index in [1.165, 1.54) is 4.90 Å². The van der Waals surface area contributed by atoms with E-state index >= 15 is 0 Å². The number of amides is 4. The SMILES string of the molecule is CN[C@H]1CCCN(C(=O)CN2C(=O)NC(=O)C2(C)C)C1. The van der Waals surface area contributed by atoms with Crippen molar-refractivity contribution in [2.45, 2.75) is 38.3 Å². The van der Waals surface area contributed by atoms with Crippen LogP contribution in [0.2, 0.25) is 0 Å². The monoisotopic (exact) mass is 282 g/mol. The molecule has 2 aliphatic rings. The molecule has 2 heterocycles. The Hall–Kier alpha value is -1.63. The lowest BCUT2D eigenvalue weighted by Crippen LogP contribution is -2.53. The van der Waals surface area contributed by atoms with E-state index in [0.717, 1.165) is 12.8 Å². The maximum atomic E-state index is 12.3. The number of rotatable bonds is 3. The highest BCUT2D eigenvalue weighted by molar-refractivity contribution is 6.07. The van der Waals surface area contributed by atoms with Crippen LogP contribution in [-0.4, -0.2) is 65.9 Å². The van der Waals surface area contributed by atoms with Crippen LogP contribution in [0.4, 0.5) is 4.79 Å². The number of urea groups is 1. The second-order valence-corrected chi connectivity index (χ2v) is 5.87. The molecule has 7 heteroatoms. The first kappa shape index (κ1) is 14.8. The molecule has 0 unspecified atom stereocenters. The normalized spacial score (nSPS) is 25.9. The molecule has 20 heavy (non-hydrogen) atoms. The number of likely N-dealkylation sites (N-methyl/N-ethyl adjacent to an activating group) is 1. The maximum Gasteiger partial charge on any atom is 0.325 e. The van der Waals surface area contributed by atoms with Crippen molar-refractivity contribution in [2.24, 2.45) is 0 Å². The van der Waals surface area contributed by atoms with Crippen LogP contribution < -0.4 is 10.6 Å². The Morgan fingerprint density at radius 1 is 1.45 bits per heavy atom. The summed E-state index contributed by atoms with van der Waals surface area (Å²) in [7, 11) is 1.88. The molecule has 0 bridgehead atoms. The van der Waals surface area contributed by atoms with Crippen LogP contribution in [0.1, 0.15) is 26.7 Å². The topological polar surface area (TPSA) is 81.8 Å². The minimum Gasteiger partial charge on any atom is -0.340 e. The van der Waals surface area contributed by atoms with Gasteiger partial charge in [0.05, 0.1) is 0 Å². The number of piperidine rings is 1. The average molecular weight is 282 g/mol. The van der Waals surface area contributed by atoms with Crippen LogP contribution in [-0.2, 0) is 9.59 Å². The highest BCUT2D eigenvalue weighted by Crippen LogP contribution is 2.21. The molecule has 0 aliphatic carbocycles. The largest absolute Gasteiger partial charge is 0.340 e. The third kappa shape index (κ3) is 2.63. The highest BCUT2D eigenvalue weighted by Gasteiger charge is 2.46. The molecule has 2 N–H and O–H groups in total. The zero-order chi connectivity index (χ0) is 14.9. The van der Waals surface area contributed by atoms with Crippen LogP contribution in [0.3, 0.4) is 0 Å². The second-order valence-electron chi connectivity index (χ2n) is 5.87. The summed E-state index contributed by atoms with van der Waals surface area (Å²) in [5.41, 5.74) is -0.967. The van der Waals surface area contributed by atoms with E-state index in [-0.39, 0.29) is 18.4 Å². The number of nitrogens with zero attached hydrogens (tertiary/aromatic N) is 2. The predicted molar refractivity (Wildman–Crippen MR) is 73.0 cm³/mol. The van der Waals surface area contributed by atoms with Gasteiger partial charge in [-0.25, -0.2) is 4.79 Å². The molecular weight excluding hydrogens is 260 g/mol. The van der Waals surface area contributed by atoms with Crippen molar-refractivity contribution in [3.63, 3.8) is 0 Å². The van der Waals surface area contributed by atoms with E-state index in [2.05, 4.69) is 10.6 Å². The van der Waals surface area contributed by atoms with Crippen LogP contribution in [0, 0.1) is 0 Å². The van der Waals surface area contributed by atoms with Gasteiger partial charge in [0.15, 0.2) is 0 Å². The van der Waals surface area contributed by atoms with E-state index in [9.17, 15) is 14.4 Å². The van der Waals surface area contributed by atoms with E-state index in [0.29, 0.717) is 19.1 Å². The molecule has 0 spiro atoms. The Kier molecular flexibility index (Phi) is 3.99. The first-order valence-electron chi connectivity index (χ1n) is 6.94. The van der Waals surface area contributed by atoms with Gasteiger partial charge in [-0.1, -0.05) is 0 Å². The number of carbonyl (C=O) groups excluding carboxylic acids is 3. The van der Waals surface area contributed by atoms with Crippen LogP contribution in [0.5, 0.6) is 0 Å². The number of hydrogen-bond donors (Lipinski definition) is 2. The van der Waals surface area contributed by atoms with Crippen molar-refractivity contribution < 1.29 is 14.4 Å². The van der Waals surface area contributed by atoms with Gasteiger partial charge in [0.25, 0.3) is 5.91 Å². The summed E-state index contributed by atoms with van der Waals surface area (Å²) in [5.74, 6) is -0.468. The third-order valence-corrected chi connectivity index (χ3v) is 4.17. The van der Waals surface area contributed by atoms with Gasteiger partial charge in [-0.15, -0.1) is 0 Å². The van der Waals surface area contributed by atoms with Crippen molar-refractivity contribution >= 4 is 17.8 Å². The summed E-state index contributed by atoms with van der Waals surface area (Å²) in [6.45, 7) is 4.60. The van der Waals surface area contributed by atoms with Crippen molar-refractivity contribution in [3.8, 4) is 0 Å². The minimum absolute atomic E-state index is 0.0546. The van der Waals surface area contributed by atoms with Crippen LogP contribution in [0.25, 0.3) is 0 Å². The first-order valence-corrected chi connectivity index (χ1v) is 6.94. The summed E-state index contributed by atoms with van der Waals surface area (Å²) in [6.07, 6.45) is 2.00. The maximum absolute atomic E-state index is 12.3. The highest BCUT2D eigenvalue weighted by atomic mass is 16.2. The van der Waals surface area contributed by atoms with Gasteiger partial charge >= 0.3 is 6.03 Å². The molecular formula is C13H22N4O3. The summed E-state index contributed by atoms with van der Waals surface area (Å²) < 4.78 is 0. The fourth-order valence-corrected chi connectivity index (χ4v) is 2.64. The molecule has 7 nitrogen and oxygen atoms in total.